The molecule has 138 valence electrons. The summed E-state index contributed by atoms with van der Waals surface area (Å²) in [7, 11) is 0. The fourth-order valence-electron chi connectivity index (χ4n) is 1.72. The zero-order valence-electron chi connectivity index (χ0n) is 14.7. The fourth-order valence-corrected chi connectivity index (χ4v) is 1.72. The molecule has 0 amide bonds. The fraction of sp³-hybridized carbons (Fsp3) is 0. The van der Waals surface area contributed by atoms with Gasteiger partial charge in [-0.15, -0.1) is 0 Å². The second kappa shape index (κ2) is 14.3. The van der Waals surface area contributed by atoms with Crippen LogP contribution in [0, 0.1) is 35.6 Å². The molecule has 0 radical (unpaired) electrons. The van der Waals surface area contributed by atoms with Crippen molar-refractivity contribution in [3.05, 3.63) is 108 Å². The summed E-state index contributed by atoms with van der Waals surface area (Å²) in [4.78, 5) is 30.3. The molecule has 0 atom stereocenters. The third-order valence-corrected chi connectivity index (χ3v) is 3.03. The van der Waals surface area contributed by atoms with E-state index in [2.05, 4.69) is 0 Å². The van der Waals surface area contributed by atoms with Gasteiger partial charge in [0.2, 0.25) is 0 Å². The van der Waals surface area contributed by atoms with E-state index in [1.165, 1.54) is 36.4 Å². The van der Waals surface area contributed by atoms with E-state index in [1.54, 1.807) is 54.6 Å². The molecule has 7 heteroatoms. The summed E-state index contributed by atoms with van der Waals surface area (Å²) in [6.45, 7) is 0. The van der Waals surface area contributed by atoms with E-state index < -0.39 is 17.9 Å². The molecular formula is C21H15LaO6. The van der Waals surface area contributed by atoms with Crippen molar-refractivity contribution in [2.45, 2.75) is 0 Å². The van der Waals surface area contributed by atoms with Gasteiger partial charge in [-0.3, -0.25) is 0 Å². The zero-order valence-corrected chi connectivity index (χ0v) is 18.3. The predicted molar refractivity (Wildman–Crippen MR) is 92.3 cm³/mol. The van der Waals surface area contributed by atoms with Crippen LogP contribution in [0.15, 0.2) is 91.0 Å². The van der Waals surface area contributed by atoms with Gasteiger partial charge in [-0.25, -0.2) is 0 Å². The smallest absolute Gasteiger partial charge is 0.545 e. The third kappa shape index (κ3) is 10.4. The van der Waals surface area contributed by atoms with Crippen LogP contribution in [0.1, 0.15) is 31.1 Å². The summed E-state index contributed by atoms with van der Waals surface area (Å²) in [6, 6.07) is 24.2. The Labute approximate surface area is 190 Å². The Morgan fingerprint density at radius 1 is 0.429 bits per heavy atom. The summed E-state index contributed by atoms with van der Waals surface area (Å²) < 4.78 is 0. The Bertz CT molecular complexity index is 734. The Morgan fingerprint density at radius 2 is 0.607 bits per heavy atom. The molecule has 0 fully saturated rings. The standard InChI is InChI=1S/3C7H6O2.La/c3*8-7(9)6-4-2-1-3-5-6;/h3*1-5H,(H,8,9);/q;;;+3/p-3. The summed E-state index contributed by atoms with van der Waals surface area (Å²) >= 11 is 0. The third-order valence-electron chi connectivity index (χ3n) is 3.03. The van der Waals surface area contributed by atoms with E-state index in [0.29, 0.717) is 0 Å². The molecule has 28 heavy (non-hydrogen) atoms. The average molecular weight is 502 g/mol. The monoisotopic (exact) mass is 502 g/mol. The number of carbonyl (C=O) groups excluding carboxylic acids is 3. The maximum Gasteiger partial charge on any atom is 3.00 e. The molecule has 0 saturated heterocycles. The van der Waals surface area contributed by atoms with Gasteiger partial charge in [0.1, 0.15) is 0 Å². The first-order valence-corrected chi connectivity index (χ1v) is 7.71. The first-order valence-electron chi connectivity index (χ1n) is 7.71. The minimum atomic E-state index is -1.13. The number of carboxylic acid groups (broad SMARTS) is 3. The van der Waals surface area contributed by atoms with Gasteiger partial charge in [0, 0.05) is 0 Å². The topological polar surface area (TPSA) is 120 Å². The SMILES string of the molecule is O=C([O-])c1ccccc1.O=C([O-])c1ccccc1.O=C([O-])c1ccccc1.[La+3]. The molecule has 0 N–H and O–H groups in total. The normalized spacial score (nSPS) is 8.57. The van der Waals surface area contributed by atoms with Gasteiger partial charge in [-0.05, 0) is 16.7 Å². The van der Waals surface area contributed by atoms with Crippen molar-refractivity contribution < 1.29 is 65.3 Å². The van der Waals surface area contributed by atoms with Crippen LogP contribution in [-0.4, -0.2) is 17.9 Å². The molecule has 0 unspecified atom stereocenters. The summed E-state index contributed by atoms with van der Waals surface area (Å²) in [5.74, 6) is -3.39. The van der Waals surface area contributed by atoms with Gasteiger partial charge < -0.3 is 29.7 Å². The van der Waals surface area contributed by atoms with Crippen LogP contribution in [0.2, 0.25) is 0 Å². The van der Waals surface area contributed by atoms with Crippen molar-refractivity contribution in [1.29, 1.82) is 0 Å². The Kier molecular flexibility index (Phi) is 12.9. The number of hydrogen-bond donors (Lipinski definition) is 0. The Balaban J connectivity index is 0.000000384. The van der Waals surface area contributed by atoms with E-state index in [-0.39, 0.29) is 52.3 Å². The molecule has 0 aromatic heterocycles. The summed E-state index contributed by atoms with van der Waals surface area (Å²) in [6.07, 6.45) is 0. The van der Waals surface area contributed by atoms with Gasteiger partial charge in [0.05, 0.1) is 17.9 Å². The molecule has 0 saturated carbocycles. The zero-order chi connectivity index (χ0) is 20.1. The molecule has 0 heterocycles. The van der Waals surface area contributed by atoms with Crippen LogP contribution >= 0.6 is 0 Å². The first kappa shape index (κ1) is 25.3. The molecule has 0 spiro atoms. The van der Waals surface area contributed by atoms with E-state index in [9.17, 15) is 29.7 Å². The number of carboxylic acids is 3. The van der Waals surface area contributed by atoms with Crippen LogP contribution in [0.3, 0.4) is 0 Å². The van der Waals surface area contributed by atoms with E-state index >= 15 is 0 Å². The van der Waals surface area contributed by atoms with Crippen LogP contribution in [0.5, 0.6) is 0 Å². The molecule has 0 aliphatic heterocycles. The molecule has 0 bridgehead atoms. The number of aromatic carboxylic acids is 3. The largest absolute Gasteiger partial charge is 3.00 e. The van der Waals surface area contributed by atoms with Crippen LogP contribution in [0.25, 0.3) is 0 Å². The van der Waals surface area contributed by atoms with Gasteiger partial charge in [-0.2, -0.15) is 0 Å². The first-order chi connectivity index (χ1) is 12.9. The summed E-state index contributed by atoms with van der Waals surface area (Å²) in [5.41, 5.74) is 0.660. The van der Waals surface area contributed by atoms with Gasteiger partial charge in [0.25, 0.3) is 0 Å². The minimum absolute atomic E-state index is 0. The molecule has 3 aromatic rings. The number of rotatable bonds is 3. The van der Waals surface area contributed by atoms with Crippen molar-refractivity contribution in [3.63, 3.8) is 0 Å². The van der Waals surface area contributed by atoms with Crippen molar-refractivity contribution in [2.75, 3.05) is 0 Å². The van der Waals surface area contributed by atoms with Crippen LogP contribution in [0.4, 0.5) is 0 Å². The van der Waals surface area contributed by atoms with Crippen molar-refractivity contribution in [1.82, 2.24) is 0 Å². The van der Waals surface area contributed by atoms with Crippen molar-refractivity contribution in [3.8, 4) is 0 Å². The van der Waals surface area contributed by atoms with Gasteiger partial charge in [0.15, 0.2) is 0 Å². The molecular weight excluding hydrogens is 487 g/mol. The van der Waals surface area contributed by atoms with Gasteiger partial charge >= 0.3 is 35.6 Å². The minimum Gasteiger partial charge on any atom is -0.545 e. The molecule has 6 nitrogen and oxygen atoms in total. The summed E-state index contributed by atoms with van der Waals surface area (Å²) in [5, 5.41) is 30.3. The molecule has 3 aromatic carbocycles. The Morgan fingerprint density at radius 3 is 0.714 bits per heavy atom. The maximum atomic E-state index is 10.1. The molecule has 0 aliphatic carbocycles. The predicted octanol–water partition coefficient (Wildman–Crippen LogP) is 0.150. The van der Waals surface area contributed by atoms with Crippen LogP contribution in [-0.2, 0) is 0 Å². The van der Waals surface area contributed by atoms with E-state index in [0.717, 1.165) is 0 Å². The quantitative estimate of drug-likeness (QED) is 0.503. The van der Waals surface area contributed by atoms with Crippen LogP contribution < -0.4 is 15.3 Å². The van der Waals surface area contributed by atoms with Crippen molar-refractivity contribution >= 4 is 17.9 Å². The van der Waals surface area contributed by atoms with E-state index in [1.807, 2.05) is 0 Å². The second-order valence-corrected chi connectivity index (χ2v) is 4.96. The average Bonchev–Trinajstić information content (AvgIpc) is 2.71. The number of carbonyl (C=O) groups is 3. The molecule has 0 aliphatic rings. The van der Waals surface area contributed by atoms with Crippen molar-refractivity contribution in [2.24, 2.45) is 0 Å². The second-order valence-electron chi connectivity index (χ2n) is 4.96. The maximum absolute atomic E-state index is 10.1. The van der Waals surface area contributed by atoms with E-state index in [4.69, 9.17) is 0 Å². The molecule has 3 rings (SSSR count). The number of hydrogen-bond acceptors (Lipinski definition) is 6. The number of benzene rings is 3. The Hall–Kier alpha value is -2.74. The van der Waals surface area contributed by atoms with Gasteiger partial charge in [-0.1, -0.05) is 91.0 Å².